The molecule has 98 valence electrons. The predicted molar refractivity (Wildman–Crippen MR) is 67.5 cm³/mol. The number of para-hydroxylation sites is 1. The Labute approximate surface area is 106 Å². The molecular formula is C12H15NO4S. The van der Waals surface area contributed by atoms with E-state index in [2.05, 4.69) is 0 Å². The molecule has 1 aliphatic rings. The lowest BCUT2D eigenvalue weighted by atomic mass is 10.1. The Hall–Kier alpha value is -1.56. The van der Waals surface area contributed by atoms with Crippen molar-refractivity contribution in [3.05, 3.63) is 24.3 Å². The number of hydrogen-bond donors (Lipinski definition) is 1. The fraction of sp³-hybridized carbons (Fsp3) is 0.417. The van der Waals surface area contributed by atoms with Crippen molar-refractivity contribution in [2.75, 3.05) is 24.2 Å². The van der Waals surface area contributed by atoms with E-state index in [-0.39, 0.29) is 4.90 Å². The van der Waals surface area contributed by atoms with Crippen LogP contribution in [0.3, 0.4) is 0 Å². The molecule has 1 saturated heterocycles. The van der Waals surface area contributed by atoms with Crippen LogP contribution < -0.4 is 4.90 Å². The van der Waals surface area contributed by atoms with Crippen LogP contribution in [0.25, 0.3) is 0 Å². The maximum atomic E-state index is 11.7. The van der Waals surface area contributed by atoms with Crippen LogP contribution in [0.15, 0.2) is 29.2 Å². The Kier molecular flexibility index (Phi) is 3.30. The summed E-state index contributed by atoms with van der Waals surface area (Å²) in [6.07, 6.45) is 1.71. The first-order valence-electron chi connectivity index (χ1n) is 5.66. The summed E-state index contributed by atoms with van der Waals surface area (Å²) in [6.45, 7) is 0.936. The van der Waals surface area contributed by atoms with Crippen LogP contribution in [0.5, 0.6) is 0 Å². The van der Waals surface area contributed by atoms with Gasteiger partial charge in [0.15, 0.2) is 9.84 Å². The third kappa shape index (κ3) is 2.48. The fourth-order valence-electron chi connectivity index (χ4n) is 2.21. The van der Waals surface area contributed by atoms with Crippen molar-refractivity contribution in [1.29, 1.82) is 0 Å². The van der Waals surface area contributed by atoms with Gasteiger partial charge < -0.3 is 10.0 Å². The number of anilines is 1. The highest BCUT2D eigenvalue weighted by molar-refractivity contribution is 7.90. The Balaban J connectivity index is 2.33. The molecule has 1 unspecified atom stereocenters. The zero-order valence-corrected chi connectivity index (χ0v) is 10.9. The highest BCUT2D eigenvalue weighted by Crippen LogP contribution is 2.29. The molecule has 1 aliphatic heterocycles. The van der Waals surface area contributed by atoms with Crippen LogP contribution in [-0.4, -0.2) is 38.8 Å². The van der Waals surface area contributed by atoms with E-state index in [9.17, 15) is 13.2 Å². The van der Waals surface area contributed by atoms with Crippen molar-refractivity contribution in [3.63, 3.8) is 0 Å². The molecular weight excluding hydrogens is 254 g/mol. The third-order valence-corrected chi connectivity index (χ3v) is 4.29. The molecule has 1 aromatic carbocycles. The number of sulfone groups is 1. The normalized spacial score (nSPS) is 20.1. The number of hydrogen-bond acceptors (Lipinski definition) is 4. The molecule has 6 heteroatoms. The molecule has 1 atom stereocenters. The second-order valence-electron chi connectivity index (χ2n) is 4.51. The molecule has 2 rings (SSSR count). The second kappa shape index (κ2) is 4.61. The summed E-state index contributed by atoms with van der Waals surface area (Å²) in [7, 11) is -3.30. The van der Waals surface area contributed by atoms with Crippen LogP contribution >= 0.6 is 0 Å². The smallest absolute Gasteiger partial charge is 0.308 e. The minimum absolute atomic E-state index is 0.260. The van der Waals surface area contributed by atoms with Gasteiger partial charge in [0.1, 0.15) is 0 Å². The molecule has 0 spiro atoms. The third-order valence-electron chi connectivity index (χ3n) is 3.14. The summed E-state index contributed by atoms with van der Waals surface area (Å²) in [5.41, 5.74) is 0.601. The van der Waals surface area contributed by atoms with Crippen molar-refractivity contribution in [2.45, 2.75) is 11.3 Å². The van der Waals surface area contributed by atoms with Gasteiger partial charge in [0.25, 0.3) is 0 Å². The van der Waals surface area contributed by atoms with Crippen molar-refractivity contribution in [3.8, 4) is 0 Å². The van der Waals surface area contributed by atoms with Gasteiger partial charge in [-0.2, -0.15) is 0 Å². The molecule has 1 fully saturated rings. The van der Waals surface area contributed by atoms with Gasteiger partial charge in [0, 0.05) is 19.3 Å². The van der Waals surface area contributed by atoms with Gasteiger partial charge in [-0.15, -0.1) is 0 Å². The SMILES string of the molecule is CS(=O)(=O)c1ccccc1N1CCC(C(=O)O)C1. The number of nitrogens with zero attached hydrogens (tertiary/aromatic N) is 1. The van der Waals surface area contributed by atoms with Crippen LogP contribution in [-0.2, 0) is 14.6 Å². The van der Waals surface area contributed by atoms with E-state index < -0.39 is 21.7 Å². The molecule has 0 amide bonds. The first-order chi connectivity index (χ1) is 8.39. The minimum Gasteiger partial charge on any atom is -0.481 e. The van der Waals surface area contributed by atoms with Crippen molar-refractivity contribution < 1.29 is 18.3 Å². The first-order valence-corrected chi connectivity index (χ1v) is 7.55. The van der Waals surface area contributed by atoms with E-state index in [4.69, 9.17) is 5.11 Å². The monoisotopic (exact) mass is 269 g/mol. The van der Waals surface area contributed by atoms with Crippen LogP contribution in [0.2, 0.25) is 0 Å². The van der Waals surface area contributed by atoms with Crippen LogP contribution in [0.1, 0.15) is 6.42 Å². The number of benzene rings is 1. The summed E-state index contributed by atoms with van der Waals surface area (Å²) in [6, 6.07) is 6.71. The Bertz CT molecular complexity index is 567. The number of carboxylic acids is 1. The number of carbonyl (C=O) groups is 1. The fourth-order valence-corrected chi connectivity index (χ4v) is 3.12. The highest BCUT2D eigenvalue weighted by atomic mass is 32.2. The summed E-state index contributed by atoms with van der Waals surface area (Å²) in [5.74, 6) is -1.24. The lowest BCUT2D eigenvalue weighted by Gasteiger charge is -2.20. The van der Waals surface area contributed by atoms with Gasteiger partial charge in [-0.05, 0) is 18.6 Å². The topological polar surface area (TPSA) is 74.7 Å². The molecule has 0 aliphatic carbocycles. The van der Waals surface area contributed by atoms with Gasteiger partial charge in [0.05, 0.1) is 16.5 Å². The van der Waals surface area contributed by atoms with Crippen LogP contribution in [0.4, 0.5) is 5.69 Å². The zero-order chi connectivity index (χ0) is 13.3. The van der Waals surface area contributed by atoms with Crippen molar-refractivity contribution in [2.24, 2.45) is 5.92 Å². The van der Waals surface area contributed by atoms with Crippen molar-refractivity contribution in [1.82, 2.24) is 0 Å². The van der Waals surface area contributed by atoms with Gasteiger partial charge in [-0.1, -0.05) is 12.1 Å². The van der Waals surface area contributed by atoms with E-state index in [0.29, 0.717) is 25.2 Å². The lowest BCUT2D eigenvalue weighted by Crippen LogP contribution is -2.24. The summed E-state index contributed by atoms with van der Waals surface area (Å²) >= 11 is 0. The number of rotatable bonds is 3. The molecule has 5 nitrogen and oxygen atoms in total. The Morgan fingerprint density at radius 3 is 2.61 bits per heavy atom. The molecule has 0 bridgehead atoms. The van der Waals surface area contributed by atoms with E-state index in [1.807, 2.05) is 4.90 Å². The quantitative estimate of drug-likeness (QED) is 0.886. The molecule has 18 heavy (non-hydrogen) atoms. The Morgan fingerprint density at radius 2 is 2.06 bits per heavy atom. The van der Waals surface area contributed by atoms with Crippen molar-refractivity contribution >= 4 is 21.5 Å². The summed E-state index contributed by atoms with van der Waals surface area (Å²) in [4.78, 5) is 13.0. The Morgan fingerprint density at radius 1 is 1.39 bits per heavy atom. The number of carboxylic acid groups (broad SMARTS) is 1. The van der Waals surface area contributed by atoms with E-state index in [1.54, 1.807) is 24.3 Å². The molecule has 1 aromatic rings. The highest BCUT2D eigenvalue weighted by Gasteiger charge is 2.30. The van der Waals surface area contributed by atoms with E-state index >= 15 is 0 Å². The standard InChI is InChI=1S/C12H15NO4S/c1-18(16,17)11-5-3-2-4-10(11)13-7-6-9(8-13)12(14)15/h2-5,9H,6-8H2,1H3,(H,14,15). The second-order valence-corrected chi connectivity index (χ2v) is 6.49. The molecule has 1 heterocycles. The molecule has 1 N–H and O–H groups in total. The first kappa shape index (κ1) is 12.9. The molecule has 0 aromatic heterocycles. The van der Waals surface area contributed by atoms with E-state index in [1.165, 1.54) is 0 Å². The summed E-state index contributed by atoms with van der Waals surface area (Å²) < 4.78 is 23.4. The van der Waals surface area contributed by atoms with E-state index in [0.717, 1.165) is 6.26 Å². The lowest BCUT2D eigenvalue weighted by molar-refractivity contribution is -0.140. The zero-order valence-electron chi connectivity index (χ0n) is 10.0. The van der Waals surface area contributed by atoms with Gasteiger partial charge in [0.2, 0.25) is 0 Å². The molecule has 0 radical (unpaired) electrons. The summed E-state index contributed by atoms with van der Waals surface area (Å²) in [5, 5.41) is 8.96. The van der Waals surface area contributed by atoms with Gasteiger partial charge in [-0.25, -0.2) is 8.42 Å². The predicted octanol–water partition coefficient (Wildman–Crippen LogP) is 1.00. The number of aliphatic carboxylic acids is 1. The average Bonchev–Trinajstić information content (AvgIpc) is 2.77. The average molecular weight is 269 g/mol. The maximum absolute atomic E-state index is 11.7. The maximum Gasteiger partial charge on any atom is 0.308 e. The van der Waals surface area contributed by atoms with Gasteiger partial charge in [-0.3, -0.25) is 4.79 Å². The van der Waals surface area contributed by atoms with Gasteiger partial charge >= 0.3 is 5.97 Å². The molecule has 0 saturated carbocycles. The van der Waals surface area contributed by atoms with Crippen LogP contribution in [0, 0.1) is 5.92 Å². The minimum atomic E-state index is -3.30. The largest absolute Gasteiger partial charge is 0.481 e.